The molecular weight excluding hydrogens is 373 g/mol. The Hall–Kier alpha value is -1.81. The highest BCUT2D eigenvalue weighted by Gasteiger charge is 2.31. The Balaban J connectivity index is 1.80. The summed E-state index contributed by atoms with van der Waals surface area (Å²) in [6.45, 7) is 2.64. The van der Waals surface area contributed by atoms with Crippen LogP contribution >= 0.6 is 0 Å². The van der Waals surface area contributed by atoms with Crippen molar-refractivity contribution in [2.45, 2.75) is 12.8 Å². The number of alkyl halides is 3. The quantitative estimate of drug-likeness (QED) is 0.728. The van der Waals surface area contributed by atoms with Gasteiger partial charge in [-0.15, -0.1) is 13.2 Å². The first-order valence-corrected chi connectivity index (χ1v) is 10.1. The number of carbonyl (C=O) groups is 1. The van der Waals surface area contributed by atoms with E-state index in [0.29, 0.717) is 38.3 Å². The number of amides is 1. The van der Waals surface area contributed by atoms with Gasteiger partial charge in [-0.3, -0.25) is 9.69 Å². The number of benzene rings is 1. The SMILES string of the molecule is CS(=O)(=O)CCN1CCN(C(=O)Cc2ccc(OC(F)(F)F)cc2)CC1. The Bertz CT molecular complexity index is 712. The predicted octanol–water partition coefficient (Wildman–Crippen LogP) is 1.32. The third kappa shape index (κ3) is 7.20. The summed E-state index contributed by atoms with van der Waals surface area (Å²) in [5.74, 6) is -0.349. The molecule has 0 aromatic heterocycles. The fraction of sp³-hybridized carbons (Fsp3) is 0.562. The van der Waals surface area contributed by atoms with Crippen molar-refractivity contribution in [3.8, 4) is 5.75 Å². The highest BCUT2D eigenvalue weighted by molar-refractivity contribution is 7.90. The number of hydrogen-bond acceptors (Lipinski definition) is 5. The molecule has 0 unspecified atom stereocenters. The molecular formula is C16H21F3N2O4S. The minimum absolute atomic E-state index is 0.0906. The van der Waals surface area contributed by atoms with Crippen molar-refractivity contribution in [3.63, 3.8) is 0 Å². The summed E-state index contributed by atoms with van der Waals surface area (Å²) in [4.78, 5) is 16.0. The van der Waals surface area contributed by atoms with Crippen LogP contribution in [0.4, 0.5) is 13.2 Å². The maximum Gasteiger partial charge on any atom is 0.573 e. The van der Waals surface area contributed by atoms with Gasteiger partial charge in [0.2, 0.25) is 5.91 Å². The summed E-state index contributed by atoms with van der Waals surface area (Å²) < 4.78 is 62.5. The molecule has 0 bridgehead atoms. The van der Waals surface area contributed by atoms with Crippen LogP contribution < -0.4 is 4.74 Å². The van der Waals surface area contributed by atoms with Gasteiger partial charge in [-0.25, -0.2) is 8.42 Å². The fourth-order valence-corrected chi connectivity index (χ4v) is 3.20. The second kappa shape index (κ2) is 8.26. The molecule has 1 saturated heterocycles. The summed E-state index contributed by atoms with van der Waals surface area (Å²) in [7, 11) is -3.01. The molecule has 6 nitrogen and oxygen atoms in total. The average Bonchev–Trinajstić information content (AvgIpc) is 2.53. The molecule has 1 aromatic carbocycles. The zero-order chi connectivity index (χ0) is 19.4. The van der Waals surface area contributed by atoms with Gasteiger partial charge in [-0.1, -0.05) is 12.1 Å². The maximum absolute atomic E-state index is 12.3. The lowest BCUT2D eigenvalue weighted by Crippen LogP contribution is -2.50. The minimum atomic E-state index is -4.74. The Morgan fingerprint density at radius 2 is 1.69 bits per heavy atom. The molecule has 0 N–H and O–H groups in total. The standard InChI is InChI=1S/C16H21F3N2O4S/c1-26(23,24)11-10-20-6-8-21(9-7-20)15(22)12-13-2-4-14(5-3-13)25-16(17,18)19/h2-5H,6-12H2,1H3. The molecule has 10 heteroatoms. The predicted molar refractivity (Wildman–Crippen MR) is 89.6 cm³/mol. The van der Waals surface area contributed by atoms with Crippen LogP contribution in [0.3, 0.4) is 0 Å². The lowest BCUT2D eigenvalue weighted by molar-refractivity contribution is -0.274. The van der Waals surface area contributed by atoms with E-state index in [-0.39, 0.29) is 23.8 Å². The number of rotatable bonds is 6. The maximum atomic E-state index is 12.3. The lowest BCUT2D eigenvalue weighted by Gasteiger charge is -2.34. The zero-order valence-electron chi connectivity index (χ0n) is 14.3. The van der Waals surface area contributed by atoms with Crippen LogP contribution in [0.1, 0.15) is 5.56 Å². The van der Waals surface area contributed by atoms with Crippen LogP contribution in [0.5, 0.6) is 5.75 Å². The first-order chi connectivity index (χ1) is 12.0. The van der Waals surface area contributed by atoms with E-state index in [9.17, 15) is 26.4 Å². The Labute approximate surface area is 150 Å². The Kier molecular flexibility index (Phi) is 6.51. The van der Waals surface area contributed by atoms with Gasteiger partial charge in [0, 0.05) is 39.0 Å². The number of ether oxygens (including phenoxy) is 1. The van der Waals surface area contributed by atoms with Crippen LogP contribution in [-0.2, 0) is 21.1 Å². The van der Waals surface area contributed by atoms with Gasteiger partial charge in [0.25, 0.3) is 0 Å². The van der Waals surface area contributed by atoms with Crippen LogP contribution in [0.2, 0.25) is 0 Å². The van der Waals surface area contributed by atoms with E-state index < -0.39 is 16.2 Å². The van der Waals surface area contributed by atoms with E-state index in [1.165, 1.54) is 30.5 Å². The van der Waals surface area contributed by atoms with Gasteiger partial charge in [0.1, 0.15) is 15.6 Å². The van der Waals surface area contributed by atoms with Crippen LogP contribution in [0.15, 0.2) is 24.3 Å². The number of carbonyl (C=O) groups excluding carboxylic acids is 1. The molecule has 26 heavy (non-hydrogen) atoms. The zero-order valence-corrected chi connectivity index (χ0v) is 15.1. The molecule has 1 aliphatic rings. The fourth-order valence-electron chi connectivity index (χ4n) is 2.61. The smallest absolute Gasteiger partial charge is 0.406 e. The second-order valence-electron chi connectivity index (χ2n) is 6.22. The van der Waals surface area contributed by atoms with Gasteiger partial charge < -0.3 is 9.64 Å². The van der Waals surface area contributed by atoms with Crippen molar-refractivity contribution in [2.24, 2.45) is 0 Å². The summed E-state index contributed by atoms with van der Waals surface area (Å²) in [5, 5.41) is 0. The van der Waals surface area contributed by atoms with E-state index in [1.54, 1.807) is 4.90 Å². The summed E-state index contributed by atoms with van der Waals surface area (Å²) >= 11 is 0. The van der Waals surface area contributed by atoms with Crippen LogP contribution in [0.25, 0.3) is 0 Å². The highest BCUT2D eigenvalue weighted by atomic mass is 32.2. The van der Waals surface area contributed by atoms with Crippen molar-refractivity contribution in [3.05, 3.63) is 29.8 Å². The van der Waals surface area contributed by atoms with E-state index in [0.717, 1.165) is 0 Å². The van der Waals surface area contributed by atoms with E-state index in [1.807, 2.05) is 4.90 Å². The number of halogens is 3. The molecule has 146 valence electrons. The normalized spacial score (nSPS) is 16.5. The van der Waals surface area contributed by atoms with E-state index in [2.05, 4.69) is 4.74 Å². The van der Waals surface area contributed by atoms with E-state index in [4.69, 9.17) is 0 Å². The summed E-state index contributed by atoms with van der Waals surface area (Å²) in [6, 6.07) is 5.22. The van der Waals surface area contributed by atoms with Gasteiger partial charge in [-0.2, -0.15) is 0 Å². The third-order valence-corrected chi connectivity index (χ3v) is 4.94. The number of sulfone groups is 1. The molecule has 0 atom stereocenters. The number of piperazine rings is 1. The van der Waals surface area contributed by atoms with Crippen molar-refractivity contribution in [2.75, 3.05) is 44.7 Å². The molecule has 0 spiro atoms. The van der Waals surface area contributed by atoms with Crippen LogP contribution in [-0.4, -0.2) is 75.2 Å². The summed E-state index contributed by atoms with van der Waals surface area (Å²) in [5.41, 5.74) is 0.601. The lowest BCUT2D eigenvalue weighted by atomic mass is 10.1. The average molecular weight is 394 g/mol. The molecule has 1 heterocycles. The molecule has 0 aliphatic carbocycles. The van der Waals surface area contributed by atoms with Gasteiger partial charge >= 0.3 is 6.36 Å². The molecule has 2 rings (SSSR count). The number of nitrogens with zero attached hydrogens (tertiary/aromatic N) is 2. The highest BCUT2D eigenvalue weighted by Crippen LogP contribution is 2.23. The Morgan fingerprint density at radius 1 is 1.12 bits per heavy atom. The molecule has 0 saturated carbocycles. The molecule has 0 radical (unpaired) electrons. The first kappa shape index (κ1) is 20.5. The molecule has 1 aliphatic heterocycles. The molecule has 1 aromatic rings. The van der Waals surface area contributed by atoms with Crippen LogP contribution in [0, 0.1) is 0 Å². The largest absolute Gasteiger partial charge is 0.573 e. The second-order valence-corrected chi connectivity index (χ2v) is 8.48. The molecule has 1 fully saturated rings. The van der Waals surface area contributed by atoms with Crippen molar-refractivity contribution in [1.82, 2.24) is 9.80 Å². The van der Waals surface area contributed by atoms with Crippen molar-refractivity contribution >= 4 is 15.7 Å². The summed E-state index contributed by atoms with van der Waals surface area (Å²) in [6.07, 6.45) is -3.46. The monoisotopic (exact) mass is 394 g/mol. The van der Waals surface area contributed by atoms with Gasteiger partial charge in [0.05, 0.1) is 12.2 Å². The van der Waals surface area contributed by atoms with Gasteiger partial charge in [-0.05, 0) is 17.7 Å². The number of hydrogen-bond donors (Lipinski definition) is 0. The Morgan fingerprint density at radius 3 is 2.19 bits per heavy atom. The van der Waals surface area contributed by atoms with Gasteiger partial charge in [0.15, 0.2) is 0 Å². The van der Waals surface area contributed by atoms with Crippen molar-refractivity contribution < 1.29 is 31.1 Å². The van der Waals surface area contributed by atoms with E-state index >= 15 is 0 Å². The topological polar surface area (TPSA) is 66.9 Å². The first-order valence-electron chi connectivity index (χ1n) is 8.04. The minimum Gasteiger partial charge on any atom is -0.406 e. The third-order valence-electron chi connectivity index (χ3n) is 4.02. The molecule has 1 amide bonds. The van der Waals surface area contributed by atoms with Crippen molar-refractivity contribution in [1.29, 1.82) is 0 Å².